The molecule has 3 aromatic rings. The second kappa shape index (κ2) is 6.96. The highest BCUT2D eigenvalue weighted by Gasteiger charge is 2.27. The maximum Gasteiger partial charge on any atom is 0.257 e. The van der Waals surface area contributed by atoms with Gasteiger partial charge in [-0.25, -0.2) is 4.39 Å². The van der Waals surface area contributed by atoms with Crippen molar-refractivity contribution in [2.24, 2.45) is 0 Å². The van der Waals surface area contributed by atoms with Crippen molar-refractivity contribution in [1.29, 1.82) is 0 Å². The van der Waals surface area contributed by atoms with E-state index in [4.69, 9.17) is 4.52 Å². The molecule has 0 radical (unpaired) electrons. The molecule has 2 aromatic carbocycles. The number of carbonyl (C=O) groups excluding carboxylic acids is 1. The molecule has 0 aliphatic carbocycles. The molecule has 1 aromatic heterocycles. The number of amides is 1. The van der Waals surface area contributed by atoms with Gasteiger partial charge in [-0.05, 0) is 37.1 Å². The third-order valence-electron chi connectivity index (χ3n) is 4.45. The molecule has 1 N–H and O–H groups in total. The van der Waals surface area contributed by atoms with Crippen molar-refractivity contribution in [3.05, 3.63) is 71.2 Å². The average Bonchev–Trinajstić information content (AvgIpc) is 3.04. The molecule has 0 bridgehead atoms. The summed E-state index contributed by atoms with van der Waals surface area (Å²) in [6, 6.07) is 13.9. The molecule has 4 nitrogen and oxygen atoms in total. The Morgan fingerprint density at radius 1 is 1.27 bits per heavy atom. The number of nitrogens with one attached hydrogen (secondary N) is 1. The summed E-state index contributed by atoms with van der Waals surface area (Å²) in [6.45, 7) is 1.72. The summed E-state index contributed by atoms with van der Waals surface area (Å²) < 4.78 is 19.0. The van der Waals surface area contributed by atoms with E-state index in [9.17, 15) is 9.18 Å². The fourth-order valence-electron chi connectivity index (χ4n) is 3.18. The average molecular weight is 368 g/mol. The van der Waals surface area contributed by atoms with Crippen LogP contribution in [0.3, 0.4) is 0 Å². The zero-order valence-electron chi connectivity index (χ0n) is 14.2. The molecule has 0 saturated carbocycles. The summed E-state index contributed by atoms with van der Waals surface area (Å²) >= 11 is 1.68. The fraction of sp³-hybridized carbons (Fsp3) is 0.200. The zero-order valence-corrected chi connectivity index (χ0v) is 15.0. The Morgan fingerprint density at radius 3 is 2.88 bits per heavy atom. The van der Waals surface area contributed by atoms with E-state index in [0.717, 1.165) is 28.2 Å². The van der Waals surface area contributed by atoms with Gasteiger partial charge in [0.2, 0.25) is 0 Å². The maximum absolute atomic E-state index is 13.7. The van der Waals surface area contributed by atoms with E-state index in [-0.39, 0.29) is 17.8 Å². The second-order valence-corrected chi connectivity index (χ2v) is 7.31. The van der Waals surface area contributed by atoms with Crippen LogP contribution in [0.25, 0.3) is 11.3 Å². The van der Waals surface area contributed by atoms with Crippen molar-refractivity contribution >= 4 is 17.7 Å². The first-order valence-corrected chi connectivity index (χ1v) is 9.37. The largest absolute Gasteiger partial charge is 0.360 e. The fourth-order valence-corrected chi connectivity index (χ4v) is 4.28. The molecule has 26 heavy (non-hydrogen) atoms. The number of rotatable bonds is 3. The number of thioether (sulfide) groups is 1. The van der Waals surface area contributed by atoms with Crippen molar-refractivity contribution in [2.45, 2.75) is 24.3 Å². The number of carbonyl (C=O) groups is 1. The Labute approximate surface area is 154 Å². The minimum absolute atomic E-state index is 0.229. The topological polar surface area (TPSA) is 55.1 Å². The Hall–Kier alpha value is -2.60. The second-order valence-electron chi connectivity index (χ2n) is 6.17. The van der Waals surface area contributed by atoms with Crippen molar-refractivity contribution in [3.8, 4) is 11.3 Å². The quantitative estimate of drug-likeness (QED) is 0.724. The molecule has 0 saturated heterocycles. The lowest BCUT2D eigenvalue weighted by Gasteiger charge is -2.26. The number of aryl methyl sites for hydroxylation is 1. The lowest BCUT2D eigenvalue weighted by molar-refractivity contribution is 0.0934. The molecule has 2 heterocycles. The summed E-state index contributed by atoms with van der Waals surface area (Å²) in [5.74, 6) is 0.787. The summed E-state index contributed by atoms with van der Waals surface area (Å²) in [5.41, 5.74) is 2.59. The molecule has 4 rings (SSSR count). The van der Waals surface area contributed by atoms with E-state index in [1.54, 1.807) is 24.8 Å². The van der Waals surface area contributed by atoms with Crippen LogP contribution in [0.4, 0.5) is 4.39 Å². The summed E-state index contributed by atoms with van der Waals surface area (Å²) in [4.78, 5) is 14.0. The van der Waals surface area contributed by atoms with E-state index < -0.39 is 0 Å². The Morgan fingerprint density at radius 2 is 2.08 bits per heavy atom. The number of aromatic nitrogens is 1. The molecule has 1 unspecified atom stereocenters. The van der Waals surface area contributed by atoms with Crippen LogP contribution in [0.1, 0.15) is 34.1 Å². The van der Waals surface area contributed by atoms with Gasteiger partial charge in [0.1, 0.15) is 22.8 Å². The lowest BCUT2D eigenvalue weighted by Crippen LogP contribution is -2.31. The molecule has 1 aliphatic heterocycles. The molecule has 0 spiro atoms. The van der Waals surface area contributed by atoms with Gasteiger partial charge in [0, 0.05) is 16.2 Å². The van der Waals surface area contributed by atoms with E-state index in [2.05, 4.69) is 10.5 Å². The molecule has 6 heteroatoms. The van der Waals surface area contributed by atoms with Gasteiger partial charge in [0.05, 0.1) is 6.04 Å². The van der Waals surface area contributed by atoms with Gasteiger partial charge in [-0.2, -0.15) is 0 Å². The van der Waals surface area contributed by atoms with E-state index in [1.807, 2.05) is 30.3 Å². The van der Waals surface area contributed by atoms with Gasteiger partial charge >= 0.3 is 0 Å². The van der Waals surface area contributed by atoms with Crippen LogP contribution in [0, 0.1) is 12.7 Å². The molecule has 1 aliphatic rings. The van der Waals surface area contributed by atoms with E-state index >= 15 is 0 Å². The minimum Gasteiger partial charge on any atom is -0.360 e. The van der Waals surface area contributed by atoms with E-state index in [1.165, 1.54) is 12.1 Å². The van der Waals surface area contributed by atoms with Crippen LogP contribution < -0.4 is 5.32 Å². The highest BCUT2D eigenvalue weighted by Crippen LogP contribution is 2.37. The number of halogens is 1. The number of nitrogens with zero attached hydrogens (tertiary/aromatic N) is 1. The first-order valence-electron chi connectivity index (χ1n) is 8.38. The van der Waals surface area contributed by atoms with Crippen LogP contribution in [-0.2, 0) is 0 Å². The van der Waals surface area contributed by atoms with Crippen molar-refractivity contribution in [3.63, 3.8) is 0 Å². The van der Waals surface area contributed by atoms with E-state index in [0.29, 0.717) is 17.0 Å². The molecule has 1 amide bonds. The third kappa shape index (κ3) is 3.12. The predicted molar refractivity (Wildman–Crippen MR) is 98.6 cm³/mol. The lowest BCUT2D eigenvalue weighted by atomic mass is 10.0. The predicted octanol–water partition coefficient (Wildman–Crippen LogP) is 4.76. The molecule has 1 atom stereocenters. The van der Waals surface area contributed by atoms with Gasteiger partial charge < -0.3 is 9.84 Å². The van der Waals surface area contributed by atoms with Crippen molar-refractivity contribution in [2.75, 3.05) is 5.75 Å². The maximum atomic E-state index is 13.7. The van der Waals surface area contributed by atoms with Gasteiger partial charge in [-0.1, -0.05) is 35.5 Å². The number of hydrogen-bond acceptors (Lipinski definition) is 4. The molecule has 132 valence electrons. The van der Waals surface area contributed by atoms with Crippen LogP contribution in [0.2, 0.25) is 0 Å². The van der Waals surface area contributed by atoms with Gasteiger partial charge in [0.25, 0.3) is 5.91 Å². The monoisotopic (exact) mass is 368 g/mol. The number of hydrogen-bond donors (Lipinski definition) is 1. The molecule has 0 fully saturated rings. The number of fused-ring (bicyclic) bond motifs is 1. The molecular weight excluding hydrogens is 351 g/mol. The third-order valence-corrected chi connectivity index (χ3v) is 5.58. The standard InChI is InChI=1S/C20H17FN2O2S/c1-12-18(19(23-25-12)13-5-3-2-4-6-13)20(24)22-16-9-10-26-17-8-7-14(21)11-15(16)17/h2-8,11,16H,9-10H2,1H3,(H,22,24). The van der Waals surface area contributed by atoms with Gasteiger partial charge in [-0.15, -0.1) is 11.8 Å². The number of benzene rings is 2. The van der Waals surface area contributed by atoms with Crippen LogP contribution in [0.15, 0.2) is 57.9 Å². The zero-order chi connectivity index (χ0) is 18.1. The Bertz CT molecular complexity index is 956. The summed E-state index contributed by atoms with van der Waals surface area (Å²) in [7, 11) is 0. The first-order chi connectivity index (χ1) is 12.6. The highest BCUT2D eigenvalue weighted by molar-refractivity contribution is 7.99. The minimum atomic E-state index is -0.295. The van der Waals surface area contributed by atoms with Crippen LogP contribution in [-0.4, -0.2) is 16.8 Å². The van der Waals surface area contributed by atoms with Crippen molar-refractivity contribution in [1.82, 2.24) is 10.5 Å². The van der Waals surface area contributed by atoms with Crippen molar-refractivity contribution < 1.29 is 13.7 Å². The smallest absolute Gasteiger partial charge is 0.257 e. The summed E-state index contributed by atoms with van der Waals surface area (Å²) in [5, 5.41) is 7.10. The SMILES string of the molecule is Cc1onc(-c2ccccc2)c1C(=O)NC1CCSc2ccc(F)cc21. The first kappa shape index (κ1) is 16.8. The Kier molecular flexibility index (Phi) is 4.51. The highest BCUT2D eigenvalue weighted by atomic mass is 32.2. The van der Waals surface area contributed by atoms with Crippen LogP contribution in [0.5, 0.6) is 0 Å². The summed E-state index contributed by atoms with van der Waals surface area (Å²) in [6.07, 6.45) is 0.748. The normalized spacial score (nSPS) is 16.2. The molecular formula is C20H17FN2O2S. The van der Waals surface area contributed by atoms with Gasteiger partial charge in [-0.3, -0.25) is 4.79 Å². The Balaban J connectivity index is 1.65. The van der Waals surface area contributed by atoms with Crippen LogP contribution >= 0.6 is 11.8 Å². The van der Waals surface area contributed by atoms with Gasteiger partial charge in [0.15, 0.2) is 0 Å².